The predicted octanol–water partition coefficient (Wildman–Crippen LogP) is 1.29. The number of hydrogen-bond acceptors (Lipinski definition) is 3. The van der Waals surface area contributed by atoms with Gasteiger partial charge in [0.15, 0.2) is 0 Å². The van der Waals surface area contributed by atoms with E-state index >= 15 is 0 Å². The van der Waals surface area contributed by atoms with Crippen LogP contribution in [0.2, 0.25) is 0 Å². The number of amides is 1. The smallest absolute Gasteiger partial charge is 0.251 e. The van der Waals surface area contributed by atoms with Gasteiger partial charge in [0.05, 0.1) is 0 Å². The van der Waals surface area contributed by atoms with Crippen molar-refractivity contribution in [1.29, 1.82) is 0 Å². The summed E-state index contributed by atoms with van der Waals surface area (Å²) < 4.78 is 11.2. The highest BCUT2D eigenvalue weighted by Crippen LogP contribution is 2.04. The molecule has 0 spiro atoms. The maximum absolute atomic E-state index is 11.4. The Morgan fingerprint density at radius 2 is 1.95 bits per heavy atom. The number of hydrogen-bond donors (Lipinski definition) is 2. The molecule has 0 bridgehead atoms. The Hall–Kier alpha value is -1.20. The van der Waals surface area contributed by atoms with Crippen molar-refractivity contribution in [2.24, 2.45) is 0 Å². The zero-order chi connectivity index (χ0) is 14.3. The second-order valence-corrected chi connectivity index (χ2v) is 6.35. The molecule has 1 rings (SSSR count). The van der Waals surface area contributed by atoms with Crippen LogP contribution in [0.1, 0.15) is 29.3 Å². The minimum Gasteiger partial charge on any atom is -0.355 e. The molecule has 1 aromatic carbocycles. The monoisotopic (exact) mass is 282 g/mol. The molecular weight excluding hydrogens is 260 g/mol. The lowest BCUT2D eigenvalue weighted by Crippen LogP contribution is -2.21. The van der Waals surface area contributed by atoms with Gasteiger partial charge >= 0.3 is 0 Å². The van der Waals surface area contributed by atoms with Gasteiger partial charge in [0.25, 0.3) is 5.91 Å². The third kappa shape index (κ3) is 5.53. The number of carbonyl (C=O) groups is 1. The summed E-state index contributed by atoms with van der Waals surface area (Å²) in [7, 11) is 0.869. The molecule has 0 aliphatic rings. The highest BCUT2D eigenvalue weighted by atomic mass is 32.2. The fraction of sp³-hybridized carbons (Fsp3) is 0.500. The topological polar surface area (TPSA) is 58.2 Å². The van der Waals surface area contributed by atoms with E-state index in [0.717, 1.165) is 25.1 Å². The molecule has 106 valence electrons. The summed E-state index contributed by atoms with van der Waals surface area (Å²) in [4.78, 5) is 11.4. The Kier molecular flexibility index (Phi) is 6.73. The third-order valence-corrected chi connectivity index (χ3v) is 4.44. The second kappa shape index (κ2) is 8.07. The van der Waals surface area contributed by atoms with E-state index in [0.29, 0.717) is 5.56 Å². The molecule has 0 fully saturated rings. The Bertz CT molecular complexity index is 432. The normalized spacial score (nSPS) is 13.8. The van der Waals surface area contributed by atoms with Crippen molar-refractivity contribution in [2.75, 3.05) is 19.8 Å². The Morgan fingerprint density at radius 3 is 2.47 bits per heavy atom. The summed E-state index contributed by atoms with van der Waals surface area (Å²) in [5, 5.41) is 6.13. The largest absolute Gasteiger partial charge is 0.355 e. The van der Waals surface area contributed by atoms with Gasteiger partial charge in [-0.05, 0) is 30.7 Å². The van der Waals surface area contributed by atoms with Crippen LogP contribution in [0.3, 0.4) is 0 Å². The van der Waals surface area contributed by atoms with Crippen LogP contribution < -0.4 is 10.6 Å². The average molecular weight is 282 g/mol. The Morgan fingerprint density at radius 1 is 1.32 bits per heavy atom. The maximum atomic E-state index is 11.4. The predicted molar refractivity (Wildman–Crippen MR) is 79.7 cm³/mol. The van der Waals surface area contributed by atoms with Crippen molar-refractivity contribution in [3.8, 4) is 0 Å². The van der Waals surface area contributed by atoms with Gasteiger partial charge in [0, 0.05) is 41.5 Å². The standard InChI is InChI=1S/C14H22N2O2S/c1-11(19(3)18)8-9-16-10-12-4-6-13(7-5-12)14(17)15-2/h4-7,11,16H,8-10H2,1-3H3,(H,15,17). The van der Waals surface area contributed by atoms with E-state index in [1.165, 1.54) is 0 Å². The summed E-state index contributed by atoms with van der Waals surface area (Å²) in [5.41, 5.74) is 1.80. The fourth-order valence-corrected chi connectivity index (χ4v) is 2.07. The van der Waals surface area contributed by atoms with Crippen molar-refractivity contribution < 1.29 is 9.00 Å². The van der Waals surface area contributed by atoms with Gasteiger partial charge in [-0.1, -0.05) is 19.1 Å². The van der Waals surface area contributed by atoms with Crippen LogP contribution >= 0.6 is 0 Å². The SMILES string of the molecule is CNC(=O)c1ccc(CNCCC(C)S(C)=O)cc1. The molecule has 0 aliphatic carbocycles. The molecule has 1 aromatic rings. The molecule has 2 unspecified atom stereocenters. The van der Waals surface area contributed by atoms with Crippen LogP contribution in [0.5, 0.6) is 0 Å². The minimum absolute atomic E-state index is 0.0706. The Labute approximate surface area is 117 Å². The minimum atomic E-state index is -0.752. The van der Waals surface area contributed by atoms with Crippen molar-refractivity contribution in [1.82, 2.24) is 10.6 Å². The molecule has 0 heterocycles. The van der Waals surface area contributed by atoms with Gasteiger partial charge in [-0.2, -0.15) is 0 Å². The van der Waals surface area contributed by atoms with Crippen molar-refractivity contribution in [3.63, 3.8) is 0 Å². The third-order valence-electron chi connectivity index (χ3n) is 3.07. The van der Waals surface area contributed by atoms with Crippen LogP contribution in [0.15, 0.2) is 24.3 Å². The number of nitrogens with one attached hydrogen (secondary N) is 2. The lowest BCUT2D eigenvalue weighted by molar-refractivity contribution is 0.0963. The van der Waals surface area contributed by atoms with Gasteiger partial charge in [-0.3, -0.25) is 9.00 Å². The van der Waals surface area contributed by atoms with E-state index in [9.17, 15) is 9.00 Å². The summed E-state index contributed by atoms with van der Waals surface area (Å²) in [6.45, 7) is 3.60. The van der Waals surface area contributed by atoms with E-state index in [-0.39, 0.29) is 11.2 Å². The molecule has 2 atom stereocenters. The summed E-state index contributed by atoms with van der Waals surface area (Å²) in [5.74, 6) is -0.0706. The van der Waals surface area contributed by atoms with E-state index in [1.807, 2.05) is 31.2 Å². The fourth-order valence-electron chi connectivity index (χ4n) is 1.62. The van der Waals surface area contributed by atoms with Gasteiger partial charge in [0.1, 0.15) is 0 Å². The van der Waals surface area contributed by atoms with Crippen molar-refractivity contribution >= 4 is 16.7 Å². The van der Waals surface area contributed by atoms with Gasteiger partial charge in [0.2, 0.25) is 0 Å². The quantitative estimate of drug-likeness (QED) is 0.741. The molecule has 0 aliphatic heterocycles. The zero-order valence-corrected chi connectivity index (χ0v) is 12.5. The average Bonchev–Trinajstić information content (AvgIpc) is 2.43. The van der Waals surface area contributed by atoms with Gasteiger partial charge < -0.3 is 10.6 Å². The first-order valence-corrected chi connectivity index (χ1v) is 8.00. The van der Waals surface area contributed by atoms with Gasteiger partial charge in [-0.25, -0.2) is 0 Å². The number of benzene rings is 1. The van der Waals surface area contributed by atoms with Crippen LogP contribution in [-0.4, -0.2) is 35.2 Å². The maximum Gasteiger partial charge on any atom is 0.251 e. The molecule has 19 heavy (non-hydrogen) atoms. The van der Waals surface area contributed by atoms with Crippen LogP contribution in [-0.2, 0) is 17.3 Å². The first-order valence-electron chi connectivity index (χ1n) is 6.38. The molecule has 0 aromatic heterocycles. The number of carbonyl (C=O) groups excluding carboxylic acids is 1. The van der Waals surface area contributed by atoms with Gasteiger partial charge in [-0.15, -0.1) is 0 Å². The highest BCUT2D eigenvalue weighted by Gasteiger charge is 2.05. The molecule has 0 saturated heterocycles. The summed E-state index contributed by atoms with van der Waals surface area (Å²) >= 11 is 0. The molecule has 1 amide bonds. The highest BCUT2D eigenvalue weighted by molar-refractivity contribution is 7.84. The molecule has 0 saturated carbocycles. The molecule has 4 nitrogen and oxygen atoms in total. The van der Waals surface area contributed by atoms with Crippen molar-refractivity contribution in [3.05, 3.63) is 35.4 Å². The van der Waals surface area contributed by atoms with E-state index < -0.39 is 10.8 Å². The van der Waals surface area contributed by atoms with E-state index in [2.05, 4.69) is 10.6 Å². The van der Waals surface area contributed by atoms with Crippen LogP contribution in [0.25, 0.3) is 0 Å². The summed E-state index contributed by atoms with van der Waals surface area (Å²) in [6.07, 6.45) is 2.64. The molecule has 2 N–H and O–H groups in total. The van der Waals surface area contributed by atoms with Crippen molar-refractivity contribution in [2.45, 2.75) is 25.1 Å². The first-order chi connectivity index (χ1) is 9.04. The zero-order valence-electron chi connectivity index (χ0n) is 11.7. The molecular formula is C14H22N2O2S. The Balaban J connectivity index is 2.34. The lowest BCUT2D eigenvalue weighted by atomic mass is 10.1. The number of rotatable bonds is 7. The molecule has 5 heteroatoms. The lowest BCUT2D eigenvalue weighted by Gasteiger charge is -2.09. The summed E-state index contributed by atoms with van der Waals surface area (Å²) in [6, 6.07) is 7.52. The van der Waals surface area contributed by atoms with E-state index in [1.54, 1.807) is 13.3 Å². The van der Waals surface area contributed by atoms with Crippen LogP contribution in [0, 0.1) is 0 Å². The first kappa shape index (κ1) is 15.9. The second-order valence-electron chi connectivity index (χ2n) is 4.55. The van der Waals surface area contributed by atoms with E-state index in [4.69, 9.17) is 0 Å². The molecule has 0 radical (unpaired) electrons. The van der Waals surface area contributed by atoms with Crippen LogP contribution in [0.4, 0.5) is 0 Å².